The summed E-state index contributed by atoms with van der Waals surface area (Å²) in [4.78, 5) is 27.9. The lowest BCUT2D eigenvalue weighted by Gasteiger charge is -2.17. The second-order valence-electron chi connectivity index (χ2n) is 6.35. The fraction of sp³-hybridized carbons (Fsp3) is 0.300. The van der Waals surface area contributed by atoms with Crippen LogP contribution in [0.1, 0.15) is 28.4 Å². The number of benzene rings is 2. The van der Waals surface area contributed by atoms with Gasteiger partial charge in [-0.25, -0.2) is 0 Å². The fourth-order valence-electron chi connectivity index (χ4n) is 3.19. The van der Waals surface area contributed by atoms with Crippen molar-refractivity contribution in [3.63, 3.8) is 0 Å². The molecule has 0 unspecified atom stereocenters. The number of anilines is 1. The van der Waals surface area contributed by atoms with E-state index in [1.54, 1.807) is 11.8 Å². The molecule has 0 aliphatic carbocycles. The van der Waals surface area contributed by atoms with Crippen LogP contribution in [0.4, 0.5) is 5.69 Å². The normalized spacial score (nSPS) is 13.2. The minimum atomic E-state index is 0.0513. The molecule has 0 spiro atoms. The molecule has 0 radical (unpaired) electrons. The second kappa shape index (κ2) is 6.97. The third-order valence-corrected chi connectivity index (χ3v) is 4.39. The van der Waals surface area contributed by atoms with Crippen molar-refractivity contribution in [2.45, 2.75) is 19.9 Å². The Balaban J connectivity index is 1.67. The van der Waals surface area contributed by atoms with Crippen LogP contribution in [-0.4, -0.2) is 36.7 Å². The molecule has 1 amide bonds. The van der Waals surface area contributed by atoms with Gasteiger partial charge in [0.15, 0.2) is 5.78 Å². The SMILES string of the molecule is CC(=O)N1CCc2cc(C(=O)CN(C)Cc3ccccc3)ccc21. The third-order valence-electron chi connectivity index (χ3n) is 4.39. The number of Topliss-reactive ketones (excluding diaryl/α,β-unsaturated/α-hetero) is 1. The quantitative estimate of drug-likeness (QED) is 0.795. The van der Waals surface area contributed by atoms with Crippen molar-refractivity contribution >= 4 is 17.4 Å². The van der Waals surface area contributed by atoms with Gasteiger partial charge in [0.2, 0.25) is 5.91 Å². The van der Waals surface area contributed by atoms with Gasteiger partial charge in [0, 0.05) is 31.3 Å². The van der Waals surface area contributed by atoms with Crippen LogP contribution < -0.4 is 4.90 Å². The van der Waals surface area contributed by atoms with Crippen molar-refractivity contribution in [3.8, 4) is 0 Å². The molecule has 0 saturated heterocycles. The molecular weight excluding hydrogens is 300 g/mol. The molecule has 0 fully saturated rings. The molecule has 2 aromatic carbocycles. The van der Waals surface area contributed by atoms with Gasteiger partial charge in [-0.05, 0) is 42.8 Å². The molecule has 0 aromatic heterocycles. The van der Waals surface area contributed by atoms with E-state index in [0.29, 0.717) is 13.1 Å². The molecule has 24 heavy (non-hydrogen) atoms. The van der Waals surface area contributed by atoms with E-state index in [1.165, 1.54) is 5.56 Å². The largest absolute Gasteiger partial charge is 0.312 e. The molecular formula is C20H22N2O2. The van der Waals surface area contributed by atoms with E-state index < -0.39 is 0 Å². The van der Waals surface area contributed by atoms with Crippen LogP contribution in [0.5, 0.6) is 0 Å². The first-order chi connectivity index (χ1) is 11.5. The van der Waals surface area contributed by atoms with E-state index in [-0.39, 0.29) is 11.7 Å². The van der Waals surface area contributed by atoms with Gasteiger partial charge in [0.1, 0.15) is 0 Å². The van der Waals surface area contributed by atoms with Crippen molar-refractivity contribution < 1.29 is 9.59 Å². The smallest absolute Gasteiger partial charge is 0.223 e. The number of likely N-dealkylation sites (N-methyl/N-ethyl adjacent to an activating group) is 1. The first-order valence-electron chi connectivity index (χ1n) is 8.21. The van der Waals surface area contributed by atoms with Gasteiger partial charge in [-0.15, -0.1) is 0 Å². The summed E-state index contributed by atoms with van der Waals surface area (Å²) in [5, 5.41) is 0. The van der Waals surface area contributed by atoms with E-state index in [4.69, 9.17) is 0 Å². The Morgan fingerprint density at radius 1 is 1.12 bits per heavy atom. The molecule has 1 heterocycles. The average Bonchev–Trinajstić information content (AvgIpc) is 2.98. The maximum atomic E-state index is 12.5. The van der Waals surface area contributed by atoms with Crippen molar-refractivity contribution in [2.75, 3.05) is 25.0 Å². The van der Waals surface area contributed by atoms with Crippen LogP contribution in [0.2, 0.25) is 0 Å². The summed E-state index contributed by atoms with van der Waals surface area (Å²) in [6.07, 6.45) is 0.815. The topological polar surface area (TPSA) is 40.6 Å². The Bertz CT molecular complexity index is 755. The van der Waals surface area contributed by atoms with E-state index in [2.05, 4.69) is 12.1 Å². The number of hydrogen-bond acceptors (Lipinski definition) is 3. The van der Waals surface area contributed by atoms with E-state index >= 15 is 0 Å². The van der Waals surface area contributed by atoms with Gasteiger partial charge in [-0.2, -0.15) is 0 Å². The maximum Gasteiger partial charge on any atom is 0.223 e. The lowest BCUT2D eigenvalue weighted by molar-refractivity contribution is -0.116. The van der Waals surface area contributed by atoms with Crippen LogP contribution in [0, 0.1) is 0 Å². The molecule has 3 rings (SSSR count). The standard InChI is InChI=1S/C20H22N2O2/c1-15(23)22-11-10-17-12-18(8-9-19(17)22)20(24)14-21(2)13-16-6-4-3-5-7-16/h3-9,12H,10-11,13-14H2,1-2H3. The summed E-state index contributed by atoms with van der Waals surface area (Å²) >= 11 is 0. The van der Waals surface area contributed by atoms with Crippen LogP contribution >= 0.6 is 0 Å². The number of nitrogens with zero attached hydrogens (tertiary/aromatic N) is 2. The molecule has 4 heteroatoms. The number of rotatable bonds is 5. The summed E-state index contributed by atoms with van der Waals surface area (Å²) < 4.78 is 0. The molecule has 0 saturated carbocycles. The van der Waals surface area contributed by atoms with Crippen LogP contribution in [0.15, 0.2) is 48.5 Å². The Morgan fingerprint density at radius 2 is 1.88 bits per heavy atom. The second-order valence-corrected chi connectivity index (χ2v) is 6.35. The first-order valence-corrected chi connectivity index (χ1v) is 8.21. The number of fused-ring (bicyclic) bond motifs is 1. The van der Waals surface area contributed by atoms with Gasteiger partial charge < -0.3 is 4.90 Å². The zero-order valence-corrected chi connectivity index (χ0v) is 14.2. The monoisotopic (exact) mass is 322 g/mol. The minimum Gasteiger partial charge on any atom is -0.312 e. The molecule has 4 nitrogen and oxygen atoms in total. The van der Waals surface area contributed by atoms with Crippen molar-refractivity contribution in [1.29, 1.82) is 0 Å². The Labute approximate surface area is 142 Å². The lowest BCUT2D eigenvalue weighted by atomic mass is 10.0. The zero-order valence-electron chi connectivity index (χ0n) is 14.2. The van der Waals surface area contributed by atoms with Crippen LogP contribution in [-0.2, 0) is 17.8 Å². The number of hydrogen-bond donors (Lipinski definition) is 0. The zero-order chi connectivity index (χ0) is 17.1. The summed E-state index contributed by atoms with van der Waals surface area (Å²) in [5.41, 5.74) is 3.94. The third kappa shape index (κ3) is 3.54. The first kappa shape index (κ1) is 16.4. The number of carbonyl (C=O) groups excluding carboxylic acids is 2. The van der Waals surface area contributed by atoms with E-state index in [0.717, 1.165) is 29.8 Å². The number of ketones is 1. The summed E-state index contributed by atoms with van der Waals surface area (Å²) in [6.45, 7) is 3.41. The predicted octanol–water partition coefficient (Wildman–Crippen LogP) is 2.91. The Kier molecular flexibility index (Phi) is 4.76. The summed E-state index contributed by atoms with van der Waals surface area (Å²) in [6, 6.07) is 15.8. The maximum absolute atomic E-state index is 12.5. The highest BCUT2D eigenvalue weighted by atomic mass is 16.2. The highest BCUT2D eigenvalue weighted by Crippen LogP contribution is 2.29. The molecule has 1 aliphatic heterocycles. The average molecular weight is 322 g/mol. The molecule has 0 atom stereocenters. The van der Waals surface area contributed by atoms with Crippen molar-refractivity contribution in [2.24, 2.45) is 0 Å². The van der Waals surface area contributed by atoms with Gasteiger partial charge in [0.05, 0.1) is 6.54 Å². The molecule has 0 bridgehead atoms. The molecule has 124 valence electrons. The highest BCUT2D eigenvalue weighted by Gasteiger charge is 2.23. The van der Waals surface area contributed by atoms with Gasteiger partial charge in [-0.3, -0.25) is 14.5 Å². The minimum absolute atomic E-state index is 0.0513. The van der Waals surface area contributed by atoms with Gasteiger partial charge in [0.25, 0.3) is 0 Å². The lowest BCUT2D eigenvalue weighted by Crippen LogP contribution is -2.26. The van der Waals surface area contributed by atoms with Gasteiger partial charge in [-0.1, -0.05) is 30.3 Å². The van der Waals surface area contributed by atoms with Crippen LogP contribution in [0.3, 0.4) is 0 Å². The number of amides is 1. The van der Waals surface area contributed by atoms with Gasteiger partial charge >= 0.3 is 0 Å². The highest BCUT2D eigenvalue weighted by molar-refractivity contribution is 6.00. The number of carbonyl (C=O) groups is 2. The molecule has 2 aromatic rings. The van der Waals surface area contributed by atoms with E-state index in [1.807, 2.05) is 48.3 Å². The summed E-state index contributed by atoms with van der Waals surface area (Å²) in [7, 11) is 1.95. The van der Waals surface area contributed by atoms with Crippen molar-refractivity contribution in [3.05, 3.63) is 65.2 Å². The fourth-order valence-corrected chi connectivity index (χ4v) is 3.19. The Morgan fingerprint density at radius 3 is 2.58 bits per heavy atom. The molecule has 0 N–H and O–H groups in total. The van der Waals surface area contributed by atoms with E-state index in [9.17, 15) is 9.59 Å². The van der Waals surface area contributed by atoms with Crippen LogP contribution in [0.25, 0.3) is 0 Å². The summed E-state index contributed by atoms with van der Waals surface area (Å²) in [5.74, 6) is 0.160. The molecule has 1 aliphatic rings. The predicted molar refractivity (Wildman–Crippen MR) is 95.3 cm³/mol. The Hall–Kier alpha value is -2.46. The van der Waals surface area contributed by atoms with Crippen molar-refractivity contribution in [1.82, 2.24) is 4.90 Å².